The van der Waals surface area contributed by atoms with Crippen LogP contribution >= 0.6 is 0 Å². The van der Waals surface area contributed by atoms with E-state index in [1.807, 2.05) is 30.3 Å². The quantitative estimate of drug-likeness (QED) is 0.437. The zero-order valence-electron chi connectivity index (χ0n) is 18.7. The molecule has 0 radical (unpaired) electrons. The van der Waals surface area contributed by atoms with Gasteiger partial charge in [-0.1, -0.05) is 54.6 Å². The van der Waals surface area contributed by atoms with Gasteiger partial charge < -0.3 is 4.98 Å². The molecule has 0 spiro atoms. The fraction of sp³-hybridized carbons (Fsp3) is 0.214. The van der Waals surface area contributed by atoms with Crippen molar-refractivity contribution in [1.29, 1.82) is 0 Å². The maximum Gasteiger partial charge on any atom is 0.251 e. The van der Waals surface area contributed by atoms with Crippen molar-refractivity contribution in [3.63, 3.8) is 0 Å². The Hall–Kier alpha value is -3.77. The van der Waals surface area contributed by atoms with Gasteiger partial charge in [-0.15, -0.1) is 0 Å². The average molecular weight is 454 g/mol. The smallest absolute Gasteiger partial charge is 0.251 e. The van der Waals surface area contributed by atoms with Crippen molar-refractivity contribution in [1.82, 2.24) is 9.88 Å². The molecule has 2 aliphatic heterocycles. The van der Waals surface area contributed by atoms with Gasteiger partial charge in [0.2, 0.25) is 5.91 Å². The van der Waals surface area contributed by atoms with Gasteiger partial charge in [-0.3, -0.25) is 14.5 Å². The monoisotopic (exact) mass is 453 g/mol. The number of carbonyl (C=O) groups is 2. The molecule has 2 amide bonds. The Balaban J connectivity index is 1.43. The molecule has 2 aliphatic rings. The molecule has 3 heterocycles. The number of amides is 2. The van der Waals surface area contributed by atoms with Crippen molar-refractivity contribution in [2.45, 2.75) is 31.3 Å². The highest BCUT2D eigenvalue weighted by molar-refractivity contribution is 6.22. The molecule has 5 nitrogen and oxygen atoms in total. The molecule has 1 fully saturated rings. The number of hydrogen-bond donors (Lipinski definition) is 1. The Morgan fingerprint density at radius 3 is 2.50 bits per heavy atom. The van der Waals surface area contributed by atoms with Gasteiger partial charge in [-0.25, -0.2) is 9.29 Å². The number of fused-ring (bicyclic) bond motifs is 3. The second-order valence-corrected chi connectivity index (χ2v) is 9.10. The topological polar surface area (TPSA) is 56.4 Å². The maximum absolute atomic E-state index is 13.8. The summed E-state index contributed by atoms with van der Waals surface area (Å²) in [5, 5.41) is 1.19. The lowest BCUT2D eigenvalue weighted by molar-refractivity contribution is -0.123. The number of para-hydroxylation sites is 1. The van der Waals surface area contributed by atoms with Gasteiger partial charge in [0.25, 0.3) is 5.91 Å². The number of anilines is 1. The van der Waals surface area contributed by atoms with Crippen LogP contribution in [0.3, 0.4) is 0 Å². The number of carbonyl (C=O) groups excluding carboxylic acids is 2. The number of rotatable bonds is 3. The normalized spacial score (nSPS) is 23.0. The zero-order valence-corrected chi connectivity index (χ0v) is 18.7. The molecule has 0 bridgehead atoms. The summed E-state index contributed by atoms with van der Waals surface area (Å²) < 4.78 is 13.8. The van der Waals surface area contributed by atoms with E-state index in [0.717, 1.165) is 16.1 Å². The summed E-state index contributed by atoms with van der Waals surface area (Å²) in [6.45, 7) is 2.69. The van der Waals surface area contributed by atoms with Crippen LogP contribution in [-0.4, -0.2) is 34.3 Å². The van der Waals surface area contributed by atoms with Crippen LogP contribution in [0.25, 0.3) is 10.9 Å². The van der Waals surface area contributed by atoms with Crippen molar-refractivity contribution >= 4 is 28.4 Å². The lowest BCUT2D eigenvalue weighted by Gasteiger charge is -2.40. The average Bonchev–Trinajstić information content (AvgIpc) is 3.38. The van der Waals surface area contributed by atoms with Crippen LogP contribution in [0.2, 0.25) is 0 Å². The van der Waals surface area contributed by atoms with Gasteiger partial charge in [-0.2, -0.15) is 0 Å². The molecule has 1 aromatic heterocycles. The van der Waals surface area contributed by atoms with E-state index in [0.29, 0.717) is 6.54 Å². The van der Waals surface area contributed by atoms with Crippen molar-refractivity contribution in [3.8, 4) is 0 Å². The molecule has 3 unspecified atom stereocenters. The molecule has 0 saturated carbocycles. The minimum atomic E-state index is -0.600. The Labute approximate surface area is 196 Å². The van der Waals surface area contributed by atoms with Gasteiger partial charge in [0.05, 0.1) is 18.2 Å². The Morgan fingerprint density at radius 1 is 0.941 bits per heavy atom. The van der Waals surface area contributed by atoms with E-state index in [1.165, 1.54) is 34.7 Å². The second kappa shape index (κ2) is 7.92. The number of aromatic amines is 1. The highest BCUT2D eigenvalue weighted by Crippen LogP contribution is 2.45. The first-order valence-electron chi connectivity index (χ1n) is 11.6. The van der Waals surface area contributed by atoms with Crippen LogP contribution in [0.4, 0.5) is 10.1 Å². The van der Waals surface area contributed by atoms with Gasteiger partial charge in [0, 0.05) is 35.1 Å². The van der Waals surface area contributed by atoms with Gasteiger partial charge in [0.1, 0.15) is 5.82 Å². The van der Waals surface area contributed by atoms with E-state index in [4.69, 9.17) is 0 Å². The predicted molar refractivity (Wildman–Crippen MR) is 129 cm³/mol. The van der Waals surface area contributed by atoms with E-state index < -0.39 is 11.9 Å². The van der Waals surface area contributed by atoms with Crippen molar-refractivity contribution in [3.05, 3.63) is 102 Å². The molecule has 3 atom stereocenters. The zero-order chi connectivity index (χ0) is 23.4. The van der Waals surface area contributed by atoms with Crippen LogP contribution < -0.4 is 4.90 Å². The number of nitrogens with one attached hydrogen (secondary N) is 1. The highest BCUT2D eigenvalue weighted by atomic mass is 19.1. The molecular formula is C28H24FN3O2. The van der Waals surface area contributed by atoms with Crippen molar-refractivity contribution in [2.75, 3.05) is 11.4 Å². The number of benzene rings is 3. The van der Waals surface area contributed by atoms with E-state index in [9.17, 15) is 14.0 Å². The second-order valence-electron chi connectivity index (χ2n) is 9.10. The number of aromatic nitrogens is 1. The Kier molecular flexibility index (Phi) is 4.85. The Morgan fingerprint density at radius 2 is 1.71 bits per heavy atom. The number of H-pyrrole nitrogens is 1. The van der Waals surface area contributed by atoms with Crippen LogP contribution in [0.5, 0.6) is 0 Å². The fourth-order valence-corrected chi connectivity index (χ4v) is 5.63. The first-order chi connectivity index (χ1) is 16.5. The largest absolute Gasteiger partial charge is 0.357 e. The minimum absolute atomic E-state index is 0.0506. The fourth-order valence-electron chi connectivity index (χ4n) is 5.63. The molecule has 3 aromatic carbocycles. The SMILES string of the molecule is CC1c2[nH]c3ccccc3c2C(c2ccccc2)CN1C1CC(=O)N(c2cccc(F)c2)C1=O. The highest BCUT2D eigenvalue weighted by Gasteiger charge is 2.47. The lowest BCUT2D eigenvalue weighted by atomic mass is 9.83. The lowest BCUT2D eigenvalue weighted by Crippen LogP contribution is -2.47. The summed E-state index contributed by atoms with van der Waals surface area (Å²) in [5.74, 6) is -1.02. The summed E-state index contributed by atoms with van der Waals surface area (Å²) in [4.78, 5) is 33.3. The van der Waals surface area contributed by atoms with Crippen molar-refractivity contribution in [2.24, 2.45) is 0 Å². The van der Waals surface area contributed by atoms with E-state index in [-0.39, 0.29) is 35.9 Å². The molecular weight excluding hydrogens is 429 g/mol. The molecule has 170 valence electrons. The summed E-state index contributed by atoms with van der Waals surface area (Å²) in [6, 6.07) is 23.5. The Bertz CT molecular complexity index is 1410. The van der Waals surface area contributed by atoms with E-state index >= 15 is 0 Å². The third kappa shape index (κ3) is 3.17. The van der Waals surface area contributed by atoms with Crippen LogP contribution in [0.15, 0.2) is 78.9 Å². The van der Waals surface area contributed by atoms with Crippen molar-refractivity contribution < 1.29 is 14.0 Å². The molecule has 6 rings (SSSR count). The molecule has 1 saturated heterocycles. The van der Waals surface area contributed by atoms with Gasteiger partial charge in [-0.05, 0) is 42.3 Å². The number of nitrogens with zero attached hydrogens (tertiary/aromatic N) is 2. The van der Waals surface area contributed by atoms with E-state index in [2.05, 4.69) is 41.1 Å². The standard InChI is InChI=1S/C28H24FN3O2/c1-17-27-26(21-12-5-6-13-23(21)30-27)22(18-8-3-2-4-9-18)16-31(17)24-15-25(33)32(28(24)34)20-11-7-10-19(29)14-20/h2-14,17,22,24,30H,15-16H2,1H3. The summed E-state index contributed by atoms with van der Waals surface area (Å²) in [7, 11) is 0. The first kappa shape index (κ1) is 20.8. The maximum atomic E-state index is 13.8. The number of halogens is 1. The number of hydrogen-bond acceptors (Lipinski definition) is 3. The third-order valence-corrected chi connectivity index (χ3v) is 7.23. The van der Waals surface area contributed by atoms with Gasteiger partial charge in [0.15, 0.2) is 0 Å². The summed E-state index contributed by atoms with van der Waals surface area (Å²) >= 11 is 0. The summed E-state index contributed by atoms with van der Waals surface area (Å²) in [5.41, 5.74) is 4.85. The molecule has 34 heavy (non-hydrogen) atoms. The van der Waals surface area contributed by atoms with Crippen LogP contribution in [-0.2, 0) is 9.59 Å². The minimum Gasteiger partial charge on any atom is -0.357 e. The molecule has 1 N–H and O–H groups in total. The van der Waals surface area contributed by atoms with Crippen LogP contribution in [0.1, 0.15) is 42.1 Å². The third-order valence-electron chi connectivity index (χ3n) is 7.23. The van der Waals surface area contributed by atoms with E-state index in [1.54, 1.807) is 6.07 Å². The van der Waals surface area contributed by atoms with Crippen LogP contribution in [0, 0.1) is 5.82 Å². The molecule has 4 aromatic rings. The molecule has 0 aliphatic carbocycles. The van der Waals surface area contributed by atoms with Gasteiger partial charge >= 0.3 is 0 Å². The first-order valence-corrected chi connectivity index (χ1v) is 11.6. The number of imide groups is 1. The predicted octanol–water partition coefficient (Wildman–Crippen LogP) is 5.15. The summed E-state index contributed by atoms with van der Waals surface area (Å²) in [6.07, 6.45) is 0.0801. The molecule has 6 heteroatoms.